The number of rotatable bonds is 3. The van der Waals surface area contributed by atoms with E-state index in [0.717, 1.165) is 32.7 Å². The largest absolute Gasteiger partial charge is 0.314 e. The van der Waals surface area contributed by atoms with Gasteiger partial charge < -0.3 is 5.32 Å². The van der Waals surface area contributed by atoms with Crippen LogP contribution in [0.5, 0.6) is 0 Å². The van der Waals surface area contributed by atoms with Crippen LogP contribution in [0.25, 0.3) is 0 Å². The van der Waals surface area contributed by atoms with Gasteiger partial charge in [0.25, 0.3) is 11.8 Å². The van der Waals surface area contributed by atoms with Gasteiger partial charge >= 0.3 is 0 Å². The van der Waals surface area contributed by atoms with Crippen LogP contribution < -0.4 is 5.32 Å². The van der Waals surface area contributed by atoms with Crippen molar-refractivity contribution in [2.75, 3.05) is 39.3 Å². The van der Waals surface area contributed by atoms with Gasteiger partial charge in [0.1, 0.15) is 0 Å². The maximum Gasteiger partial charge on any atom is 0.253 e. The van der Waals surface area contributed by atoms with Crippen molar-refractivity contribution >= 4 is 11.8 Å². The molecule has 96 valence electrons. The van der Waals surface area contributed by atoms with Crippen molar-refractivity contribution in [1.82, 2.24) is 15.1 Å². The van der Waals surface area contributed by atoms with Gasteiger partial charge in [0.15, 0.2) is 0 Å². The number of hydrogen-bond donors (Lipinski definition) is 1. The van der Waals surface area contributed by atoms with E-state index in [1.165, 1.54) is 17.1 Å². The Morgan fingerprint density at radius 2 is 1.59 bits per heavy atom. The second-order valence-corrected chi connectivity index (χ2v) is 3.75. The second kappa shape index (κ2) is 7.19. The molecule has 1 saturated heterocycles. The Balaban J connectivity index is 0.000000686. The average molecular weight is 239 g/mol. The third-order valence-electron chi connectivity index (χ3n) is 2.75. The van der Waals surface area contributed by atoms with E-state index in [0.29, 0.717) is 6.54 Å². The van der Waals surface area contributed by atoms with Crippen LogP contribution in [0.1, 0.15) is 13.8 Å². The highest BCUT2D eigenvalue weighted by molar-refractivity contribution is 6.12. The van der Waals surface area contributed by atoms with E-state index < -0.39 is 0 Å². The lowest BCUT2D eigenvalue weighted by Crippen LogP contribution is -2.47. The van der Waals surface area contributed by atoms with Crippen LogP contribution in [-0.4, -0.2) is 60.9 Å². The fourth-order valence-electron chi connectivity index (χ4n) is 1.83. The van der Waals surface area contributed by atoms with E-state index in [2.05, 4.69) is 10.2 Å². The summed E-state index contributed by atoms with van der Waals surface area (Å²) in [5, 5.41) is 3.26. The summed E-state index contributed by atoms with van der Waals surface area (Å²) in [4.78, 5) is 26.0. The Kier molecular flexibility index (Phi) is 5.86. The third kappa shape index (κ3) is 3.94. The van der Waals surface area contributed by atoms with Crippen LogP contribution in [0.2, 0.25) is 0 Å². The summed E-state index contributed by atoms with van der Waals surface area (Å²) >= 11 is 0. The molecule has 0 aromatic carbocycles. The van der Waals surface area contributed by atoms with Crippen LogP contribution >= 0.6 is 0 Å². The van der Waals surface area contributed by atoms with E-state index in [1.54, 1.807) is 0 Å². The number of nitrogens with one attached hydrogen (secondary N) is 1. The third-order valence-corrected chi connectivity index (χ3v) is 2.75. The standard InChI is InChI=1S/C10H15N3O2.C2H6/c14-9-1-2-10(15)13(9)8-7-12-5-3-11-4-6-12;1-2/h1-2,11H,3-8H2;1-2H3. The topological polar surface area (TPSA) is 52.7 Å². The molecule has 0 radical (unpaired) electrons. The van der Waals surface area contributed by atoms with Gasteiger partial charge in [0, 0.05) is 51.4 Å². The normalized spacial score (nSPS) is 20.5. The molecule has 2 aliphatic rings. The molecule has 1 fully saturated rings. The predicted molar refractivity (Wildman–Crippen MR) is 66.5 cm³/mol. The first-order valence-corrected chi connectivity index (χ1v) is 6.24. The van der Waals surface area contributed by atoms with Crippen LogP contribution in [0.3, 0.4) is 0 Å². The number of nitrogens with zero attached hydrogens (tertiary/aromatic N) is 2. The number of carbonyl (C=O) groups excluding carboxylic acids is 2. The van der Waals surface area contributed by atoms with E-state index in [4.69, 9.17) is 0 Å². The van der Waals surface area contributed by atoms with Gasteiger partial charge in [-0.25, -0.2) is 0 Å². The molecular weight excluding hydrogens is 218 g/mol. The second-order valence-electron chi connectivity index (χ2n) is 3.75. The van der Waals surface area contributed by atoms with Crippen molar-refractivity contribution in [3.63, 3.8) is 0 Å². The van der Waals surface area contributed by atoms with E-state index in [1.807, 2.05) is 13.8 Å². The Labute approximate surface area is 102 Å². The number of carbonyl (C=O) groups is 2. The van der Waals surface area contributed by atoms with Crippen LogP contribution in [-0.2, 0) is 9.59 Å². The molecule has 2 rings (SSSR count). The van der Waals surface area contributed by atoms with Crippen molar-refractivity contribution < 1.29 is 9.59 Å². The van der Waals surface area contributed by atoms with Crippen molar-refractivity contribution in [2.45, 2.75) is 13.8 Å². The smallest absolute Gasteiger partial charge is 0.253 e. The highest BCUT2D eigenvalue weighted by Gasteiger charge is 2.23. The Morgan fingerprint density at radius 3 is 2.12 bits per heavy atom. The molecule has 17 heavy (non-hydrogen) atoms. The molecule has 0 aliphatic carbocycles. The van der Waals surface area contributed by atoms with Crippen LogP contribution in [0, 0.1) is 0 Å². The predicted octanol–water partition coefficient (Wildman–Crippen LogP) is -0.157. The fraction of sp³-hybridized carbons (Fsp3) is 0.667. The lowest BCUT2D eigenvalue weighted by molar-refractivity contribution is -0.137. The lowest BCUT2D eigenvalue weighted by atomic mass is 10.3. The summed E-state index contributed by atoms with van der Waals surface area (Å²) in [5.74, 6) is -0.370. The number of piperazine rings is 1. The molecule has 5 heteroatoms. The summed E-state index contributed by atoms with van der Waals surface area (Å²) in [5.41, 5.74) is 0. The average Bonchev–Trinajstić information content (AvgIpc) is 2.70. The quantitative estimate of drug-likeness (QED) is 0.696. The molecule has 2 aliphatic heterocycles. The van der Waals surface area contributed by atoms with Gasteiger partial charge in [0.2, 0.25) is 0 Å². The van der Waals surface area contributed by atoms with Crippen LogP contribution in [0.15, 0.2) is 12.2 Å². The van der Waals surface area contributed by atoms with E-state index >= 15 is 0 Å². The molecule has 0 saturated carbocycles. The first-order valence-electron chi connectivity index (χ1n) is 6.24. The number of hydrogen-bond acceptors (Lipinski definition) is 4. The summed E-state index contributed by atoms with van der Waals surface area (Å²) in [6.45, 7) is 9.24. The zero-order valence-electron chi connectivity index (χ0n) is 10.6. The van der Waals surface area contributed by atoms with Gasteiger partial charge in [-0.2, -0.15) is 0 Å². The van der Waals surface area contributed by atoms with Gasteiger partial charge in [-0.1, -0.05) is 13.8 Å². The Morgan fingerprint density at radius 1 is 1.06 bits per heavy atom. The molecule has 0 aromatic heterocycles. The molecule has 0 unspecified atom stereocenters. The monoisotopic (exact) mass is 239 g/mol. The molecule has 0 atom stereocenters. The highest BCUT2D eigenvalue weighted by Crippen LogP contribution is 2.03. The molecule has 0 bridgehead atoms. The van der Waals surface area contributed by atoms with Crippen molar-refractivity contribution in [2.24, 2.45) is 0 Å². The van der Waals surface area contributed by atoms with Gasteiger partial charge in [-0.05, 0) is 0 Å². The fourth-order valence-corrected chi connectivity index (χ4v) is 1.83. The highest BCUT2D eigenvalue weighted by atomic mass is 16.2. The van der Waals surface area contributed by atoms with Crippen LogP contribution in [0.4, 0.5) is 0 Å². The minimum absolute atomic E-state index is 0.185. The SMILES string of the molecule is CC.O=C1C=CC(=O)N1CCN1CCNCC1. The van der Waals surface area contributed by atoms with Gasteiger partial charge in [-0.3, -0.25) is 19.4 Å². The van der Waals surface area contributed by atoms with E-state index in [-0.39, 0.29) is 11.8 Å². The summed E-state index contributed by atoms with van der Waals surface area (Å²) in [7, 11) is 0. The zero-order chi connectivity index (χ0) is 12.7. The molecule has 0 spiro atoms. The molecule has 1 N–H and O–H groups in total. The number of imide groups is 1. The first-order chi connectivity index (χ1) is 8.27. The first kappa shape index (κ1) is 13.9. The minimum atomic E-state index is -0.185. The minimum Gasteiger partial charge on any atom is -0.314 e. The van der Waals surface area contributed by atoms with E-state index in [9.17, 15) is 9.59 Å². The molecule has 0 aromatic rings. The molecule has 2 heterocycles. The Bertz CT molecular complexity index is 278. The molecule has 2 amide bonds. The zero-order valence-corrected chi connectivity index (χ0v) is 10.6. The van der Waals surface area contributed by atoms with Crippen molar-refractivity contribution in [3.05, 3.63) is 12.2 Å². The number of amides is 2. The van der Waals surface area contributed by atoms with Crippen molar-refractivity contribution in [1.29, 1.82) is 0 Å². The summed E-state index contributed by atoms with van der Waals surface area (Å²) in [6.07, 6.45) is 2.67. The summed E-state index contributed by atoms with van der Waals surface area (Å²) < 4.78 is 0. The maximum atomic E-state index is 11.2. The lowest BCUT2D eigenvalue weighted by Gasteiger charge is -2.28. The maximum absolute atomic E-state index is 11.2. The molecule has 5 nitrogen and oxygen atoms in total. The van der Waals surface area contributed by atoms with Gasteiger partial charge in [-0.15, -0.1) is 0 Å². The summed E-state index contributed by atoms with van der Waals surface area (Å²) in [6, 6.07) is 0. The van der Waals surface area contributed by atoms with Crippen molar-refractivity contribution in [3.8, 4) is 0 Å². The Hall–Kier alpha value is -1.20. The molecular formula is C12H21N3O2. The van der Waals surface area contributed by atoms with Gasteiger partial charge in [0.05, 0.1) is 0 Å².